The summed E-state index contributed by atoms with van der Waals surface area (Å²) in [7, 11) is 2.21. The highest BCUT2D eigenvalue weighted by Gasteiger charge is 2.20. The van der Waals surface area contributed by atoms with E-state index in [2.05, 4.69) is 59.7 Å². The highest BCUT2D eigenvalue weighted by Crippen LogP contribution is 2.24. The van der Waals surface area contributed by atoms with Crippen LogP contribution in [0.3, 0.4) is 0 Å². The third-order valence-electron chi connectivity index (χ3n) is 3.67. The van der Waals surface area contributed by atoms with E-state index in [9.17, 15) is 0 Å². The van der Waals surface area contributed by atoms with Crippen LogP contribution in [0.4, 0.5) is 0 Å². The van der Waals surface area contributed by atoms with Crippen molar-refractivity contribution in [1.82, 2.24) is 10.2 Å². The molecule has 0 aromatic heterocycles. The molecule has 0 bridgehead atoms. The summed E-state index contributed by atoms with van der Waals surface area (Å²) in [5, 5.41) is 6.13. The lowest BCUT2D eigenvalue weighted by Gasteiger charge is -2.33. The third kappa shape index (κ3) is 2.06. The van der Waals surface area contributed by atoms with Crippen LogP contribution in [0.25, 0.3) is 10.8 Å². The van der Waals surface area contributed by atoms with Gasteiger partial charge in [-0.3, -0.25) is 4.90 Å². The van der Waals surface area contributed by atoms with Gasteiger partial charge in [-0.15, -0.1) is 0 Å². The molecule has 0 amide bonds. The van der Waals surface area contributed by atoms with E-state index >= 15 is 0 Å². The van der Waals surface area contributed by atoms with Crippen molar-refractivity contribution in [2.75, 3.05) is 26.7 Å². The van der Waals surface area contributed by atoms with Crippen molar-refractivity contribution in [3.8, 4) is 0 Å². The zero-order chi connectivity index (χ0) is 11.7. The molecule has 1 atom stereocenters. The molecule has 88 valence electrons. The first-order valence-electron chi connectivity index (χ1n) is 6.24. The molecular formula is C15H18N2. The Kier molecular flexibility index (Phi) is 2.83. The van der Waals surface area contributed by atoms with E-state index in [1.807, 2.05) is 0 Å². The fourth-order valence-corrected chi connectivity index (χ4v) is 2.59. The molecule has 1 saturated heterocycles. The maximum atomic E-state index is 3.47. The van der Waals surface area contributed by atoms with Gasteiger partial charge >= 0.3 is 0 Å². The molecule has 1 aliphatic heterocycles. The van der Waals surface area contributed by atoms with Gasteiger partial charge in [-0.05, 0) is 29.4 Å². The first kappa shape index (κ1) is 10.8. The number of nitrogens with zero attached hydrogens (tertiary/aromatic N) is 1. The SMILES string of the molecule is CN1CCNCC1c1ccc2ccccc2c1. The molecule has 0 spiro atoms. The minimum Gasteiger partial charge on any atom is -0.314 e. The summed E-state index contributed by atoms with van der Waals surface area (Å²) in [5.74, 6) is 0. The number of benzene rings is 2. The molecule has 1 unspecified atom stereocenters. The standard InChI is InChI=1S/C15H18N2/c1-17-9-8-16-11-15(17)14-7-6-12-4-2-3-5-13(12)10-14/h2-7,10,15-16H,8-9,11H2,1H3. The summed E-state index contributed by atoms with van der Waals surface area (Å²) in [6, 6.07) is 15.9. The Morgan fingerprint density at radius 3 is 2.76 bits per heavy atom. The van der Waals surface area contributed by atoms with Crippen LogP contribution in [0.5, 0.6) is 0 Å². The largest absolute Gasteiger partial charge is 0.314 e. The molecular weight excluding hydrogens is 208 g/mol. The first-order valence-corrected chi connectivity index (χ1v) is 6.24. The molecule has 1 heterocycles. The van der Waals surface area contributed by atoms with E-state index < -0.39 is 0 Å². The van der Waals surface area contributed by atoms with Gasteiger partial charge in [0.1, 0.15) is 0 Å². The second-order valence-electron chi connectivity index (χ2n) is 4.81. The predicted octanol–water partition coefficient (Wildman–Crippen LogP) is 2.42. The Morgan fingerprint density at radius 1 is 1.12 bits per heavy atom. The Bertz CT molecular complexity index is 521. The minimum atomic E-state index is 0.508. The second-order valence-corrected chi connectivity index (χ2v) is 4.81. The van der Waals surface area contributed by atoms with Crippen LogP contribution in [-0.2, 0) is 0 Å². The van der Waals surface area contributed by atoms with Crippen molar-refractivity contribution < 1.29 is 0 Å². The number of hydrogen-bond acceptors (Lipinski definition) is 2. The Morgan fingerprint density at radius 2 is 1.94 bits per heavy atom. The van der Waals surface area contributed by atoms with Gasteiger partial charge in [-0.25, -0.2) is 0 Å². The van der Waals surface area contributed by atoms with Gasteiger partial charge in [0.05, 0.1) is 0 Å². The Balaban J connectivity index is 1.99. The lowest BCUT2D eigenvalue weighted by Crippen LogP contribution is -2.43. The van der Waals surface area contributed by atoms with Crippen molar-refractivity contribution in [2.24, 2.45) is 0 Å². The molecule has 1 aliphatic rings. The Labute approximate surface area is 102 Å². The van der Waals surface area contributed by atoms with Crippen LogP contribution < -0.4 is 5.32 Å². The summed E-state index contributed by atoms with van der Waals surface area (Å²) in [6.07, 6.45) is 0. The first-order chi connectivity index (χ1) is 8.34. The lowest BCUT2D eigenvalue weighted by atomic mass is 10.00. The van der Waals surface area contributed by atoms with Gasteiger partial charge < -0.3 is 5.32 Å². The maximum Gasteiger partial charge on any atom is 0.0470 e. The van der Waals surface area contributed by atoms with E-state index in [-0.39, 0.29) is 0 Å². The highest BCUT2D eigenvalue weighted by atomic mass is 15.2. The number of rotatable bonds is 1. The van der Waals surface area contributed by atoms with Gasteiger partial charge in [0, 0.05) is 25.7 Å². The van der Waals surface area contributed by atoms with Crippen molar-refractivity contribution in [1.29, 1.82) is 0 Å². The fourth-order valence-electron chi connectivity index (χ4n) is 2.59. The normalized spacial score (nSPS) is 21.8. The van der Waals surface area contributed by atoms with Crippen LogP contribution in [0, 0.1) is 0 Å². The predicted molar refractivity (Wildman–Crippen MR) is 72.2 cm³/mol. The zero-order valence-corrected chi connectivity index (χ0v) is 10.2. The summed E-state index contributed by atoms with van der Waals surface area (Å²) in [6.45, 7) is 3.27. The summed E-state index contributed by atoms with van der Waals surface area (Å²) in [5.41, 5.74) is 1.42. The molecule has 3 rings (SSSR count). The maximum absolute atomic E-state index is 3.47. The van der Waals surface area contributed by atoms with Crippen LogP contribution >= 0.6 is 0 Å². The summed E-state index contributed by atoms with van der Waals surface area (Å²) in [4.78, 5) is 2.43. The topological polar surface area (TPSA) is 15.3 Å². The van der Waals surface area contributed by atoms with E-state index in [0.29, 0.717) is 6.04 Å². The van der Waals surface area contributed by atoms with Gasteiger partial charge in [0.15, 0.2) is 0 Å². The number of piperazine rings is 1. The van der Waals surface area contributed by atoms with Crippen molar-refractivity contribution in [3.63, 3.8) is 0 Å². The average Bonchev–Trinajstić information content (AvgIpc) is 2.39. The summed E-state index contributed by atoms with van der Waals surface area (Å²) >= 11 is 0. The molecule has 1 N–H and O–H groups in total. The quantitative estimate of drug-likeness (QED) is 0.803. The van der Waals surface area contributed by atoms with Crippen molar-refractivity contribution in [3.05, 3.63) is 48.0 Å². The fraction of sp³-hybridized carbons (Fsp3) is 0.333. The zero-order valence-electron chi connectivity index (χ0n) is 10.2. The second kappa shape index (κ2) is 4.47. The third-order valence-corrected chi connectivity index (χ3v) is 3.67. The van der Waals surface area contributed by atoms with Crippen LogP contribution in [0.15, 0.2) is 42.5 Å². The monoisotopic (exact) mass is 226 g/mol. The van der Waals surface area contributed by atoms with E-state index in [1.54, 1.807) is 0 Å². The van der Waals surface area contributed by atoms with Gasteiger partial charge in [0.25, 0.3) is 0 Å². The number of hydrogen-bond donors (Lipinski definition) is 1. The van der Waals surface area contributed by atoms with Gasteiger partial charge in [-0.1, -0.05) is 36.4 Å². The number of likely N-dealkylation sites (N-methyl/N-ethyl adjacent to an activating group) is 1. The van der Waals surface area contributed by atoms with Crippen LogP contribution in [-0.4, -0.2) is 31.6 Å². The molecule has 2 heteroatoms. The van der Waals surface area contributed by atoms with Crippen molar-refractivity contribution in [2.45, 2.75) is 6.04 Å². The molecule has 2 aromatic rings. The molecule has 0 saturated carbocycles. The van der Waals surface area contributed by atoms with Crippen molar-refractivity contribution >= 4 is 10.8 Å². The molecule has 0 radical (unpaired) electrons. The Hall–Kier alpha value is -1.38. The van der Waals surface area contributed by atoms with E-state index in [1.165, 1.54) is 16.3 Å². The lowest BCUT2D eigenvalue weighted by molar-refractivity contribution is 0.202. The smallest absolute Gasteiger partial charge is 0.0470 e. The molecule has 0 aliphatic carbocycles. The number of fused-ring (bicyclic) bond motifs is 1. The number of nitrogens with one attached hydrogen (secondary N) is 1. The summed E-state index contributed by atoms with van der Waals surface area (Å²) < 4.78 is 0. The molecule has 17 heavy (non-hydrogen) atoms. The van der Waals surface area contributed by atoms with E-state index in [4.69, 9.17) is 0 Å². The molecule has 1 fully saturated rings. The average molecular weight is 226 g/mol. The van der Waals surface area contributed by atoms with Gasteiger partial charge in [0.2, 0.25) is 0 Å². The van der Waals surface area contributed by atoms with E-state index in [0.717, 1.165) is 19.6 Å². The van der Waals surface area contributed by atoms with Crippen LogP contribution in [0.2, 0.25) is 0 Å². The molecule has 2 aromatic carbocycles. The highest BCUT2D eigenvalue weighted by molar-refractivity contribution is 5.83. The van der Waals surface area contributed by atoms with Gasteiger partial charge in [-0.2, -0.15) is 0 Å². The molecule has 2 nitrogen and oxygen atoms in total. The van der Waals surface area contributed by atoms with Crippen LogP contribution in [0.1, 0.15) is 11.6 Å². The minimum absolute atomic E-state index is 0.508.